The van der Waals surface area contributed by atoms with Crippen molar-refractivity contribution >= 4 is 17.1 Å². The molecule has 0 bridgehead atoms. The van der Waals surface area contributed by atoms with Crippen LogP contribution < -0.4 is 16.2 Å². The molecule has 3 aromatic rings. The first-order valence-corrected chi connectivity index (χ1v) is 11.9. The Morgan fingerprint density at radius 2 is 1.83 bits per heavy atom. The van der Waals surface area contributed by atoms with E-state index in [2.05, 4.69) is 44.7 Å². The molecule has 0 aliphatic heterocycles. The van der Waals surface area contributed by atoms with Crippen LogP contribution in [0.3, 0.4) is 0 Å². The number of ether oxygens (including phenoxy) is 1. The van der Waals surface area contributed by atoms with E-state index in [-0.39, 0.29) is 5.75 Å². The fourth-order valence-electron chi connectivity index (χ4n) is 3.66. The second-order valence-electron chi connectivity index (χ2n) is 8.67. The van der Waals surface area contributed by atoms with Gasteiger partial charge in [-0.15, -0.1) is 0 Å². The second-order valence-corrected chi connectivity index (χ2v) is 8.67. The van der Waals surface area contributed by atoms with Crippen molar-refractivity contribution in [3.8, 4) is 22.6 Å². The number of phenols is 1. The van der Waals surface area contributed by atoms with E-state index in [0.717, 1.165) is 29.7 Å². The van der Waals surface area contributed by atoms with Crippen LogP contribution in [0.25, 0.3) is 16.8 Å². The van der Waals surface area contributed by atoms with Gasteiger partial charge in [-0.25, -0.2) is 0 Å². The summed E-state index contributed by atoms with van der Waals surface area (Å²) in [5.74, 6) is 1.43. The smallest absolute Gasteiger partial charge is 0.137 e. The van der Waals surface area contributed by atoms with E-state index < -0.39 is 0 Å². The van der Waals surface area contributed by atoms with Crippen LogP contribution in [0.2, 0.25) is 0 Å². The molecule has 0 spiro atoms. The standard InChI is InChI=1S/C30H35N3O2/c1-5-20(2)22(4)33-28(27-8-6-7-9-29(27)34)18-21(3)35-30-19-25(32)14-15-26(30)24-12-10-23(11-13-24)16-17-31/h6-15,18-20,34H,3,5,16-17,31-32H2,1-2,4H3/b28-18-,33-22-. The Hall–Kier alpha value is -3.83. The largest absolute Gasteiger partial charge is 0.507 e. The minimum Gasteiger partial charge on any atom is -0.507 e. The molecule has 0 aliphatic rings. The molecule has 0 aliphatic carbocycles. The fraction of sp³-hybridized carbons (Fsp3) is 0.233. The third kappa shape index (κ3) is 6.84. The fourth-order valence-corrected chi connectivity index (χ4v) is 3.66. The number of para-hydroxylation sites is 1. The molecular formula is C30H35N3O2. The number of nitrogen functional groups attached to an aromatic ring is 1. The number of phenolic OH excluding ortho intramolecular Hbond substituents is 1. The second kappa shape index (κ2) is 12.0. The Morgan fingerprint density at radius 1 is 1.11 bits per heavy atom. The maximum Gasteiger partial charge on any atom is 0.137 e. The van der Waals surface area contributed by atoms with Gasteiger partial charge in [-0.1, -0.05) is 56.8 Å². The van der Waals surface area contributed by atoms with E-state index in [0.29, 0.717) is 40.9 Å². The third-order valence-electron chi connectivity index (χ3n) is 6.04. The van der Waals surface area contributed by atoms with Gasteiger partial charge in [-0.3, -0.25) is 4.99 Å². The number of aliphatic imine (C=N–C) groups is 1. The molecule has 0 fully saturated rings. The topological polar surface area (TPSA) is 93.9 Å². The first-order chi connectivity index (χ1) is 16.8. The van der Waals surface area contributed by atoms with Crippen molar-refractivity contribution in [2.45, 2.75) is 33.6 Å². The summed E-state index contributed by atoms with van der Waals surface area (Å²) in [4.78, 5) is 4.83. The lowest BCUT2D eigenvalue weighted by atomic mass is 10.0. The number of rotatable bonds is 10. The van der Waals surface area contributed by atoms with Gasteiger partial charge >= 0.3 is 0 Å². The number of anilines is 1. The van der Waals surface area contributed by atoms with Gasteiger partial charge in [0.1, 0.15) is 17.3 Å². The molecule has 182 valence electrons. The SMILES string of the molecule is C=C(/C=C(\N=C(\C)C(C)CC)c1ccccc1O)Oc1cc(N)ccc1-c1ccc(CCN)cc1. The summed E-state index contributed by atoms with van der Waals surface area (Å²) in [5.41, 5.74) is 17.6. The van der Waals surface area contributed by atoms with Gasteiger partial charge in [0.2, 0.25) is 0 Å². The zero-order valence-corrected chi connectivity index (χ0v) is 20.8. The average molecular weight is 470 g/mol. The van der Waals surface area contributed by atoms with Crippen LogP contribution in [0.4, 0.5) is 5.69 Å². The van der Waals surface area contributed by atoms with Crippen molar-refractivity contribution < 1.29 is 9.84 Å². The highest BCUT2D eigenvalue weighted by molar-refractivity contribution is 5.90. The summed E-state index contributed by atoms with van der Waals surface area (Å²) in [6, 6.07) is 20.9. The van der Waals surface area contributed by atoms with E-state index >= 15 is 0 Å². The van der Waals surface area contributed by atoms with Gasteiger partial charge in [0.25, 0.3) is 0 Å². The summed E-state index contributed by atoms with van der Waals surface area (Å²) in [6.07, 6.45) is 3.55. The Bertz CT molecular complexity index is 1230. The van der Waals surface area contributed by atoms with Crippen LogP contribution in [-0.4, -0.2) is 17.4 Å². The Morgan fingerprint density at radius 3 is 2.49 bits per heavy atom. The zero-order valence-electron chi connectivity index (χ0n) is 20.8. The highest BCUT2D eigenvalue weighted by Crippen LogP contribution is 2.34. The van der Waals surface area contributed by atoms with Gasteiger partial charge in [0.15, 0.2) is 0 Å². The molecule has 5 nitrogen and oxygen atoms in total. The third-order valence-corrected chi connectivity index (χ3v) is 6.04. The van der Waals surface area contributed by atoms with Gasteiger partial charge in [0, 0.05) is 34.7 Å². The first kappa shape index (κ1) is 25.8. The van der Waals surface area contributed by atoms with Crippen LogP contribution in [0, 0.1) is 5.92 Å². The Kier molecular flexibility index (Phi) is 8.87. The minimum absolute atomic E-state index is 0.148. The maximum absolute atomic E-state index is 10.5. The van der Waals surface area contributed by atoms with Crippen LogP contribution in [0.15, 0.2) is 90.1 Å². The summed E-state index contributed by atoms with van der Waals surface area (Å²) < 4.78 is 6.20. The molecule has 3 aromatic carbocycles. The molecule has 1 atom stereocenters. The monoisotopic (exact) mass is 469 g/mol. The average Bonchev–Trinajstić information content (AvgIpc) is 2.84. The van der Waals surface area contributed by atoms with Gasteiger partial charge < -0.3 is 21.3 Å². The van der Waals surface area contributed by atoms with Crippen molar-refractivity contribution in [3.05, 3.63) is 96.3 Å². The highest BCUT2D eigenvalue weighted by Gasteiger charge is 2.13. The number of aromatic hydroxyl groups is 1. The van der Waals surface area contributed by atoms with Crippen LogP contribution >= 0.6 is 0 Å². The molecule has 0 aromatic heterocycles. The molecular weight excluding hydrogens is 434 g/mol. The molecule has 3 rings (SSSR count). The summed E-state index contributed by atoms with van der Waals surface area (Å²) in [5, 5.41) is 10.5. The van der Waals surface area contributed by atoms with Crippen LogP contribution in [0.1, 0.15) is 38.3 Å². The van der Waals surface area contributed by atoms with Crippen molar-refractivity contribution in [1.82, 2.24) is 0 Å². The Labute approximate surface area is 208 Å². The van der Waals surface area contributed by atoms with E-state index in [4.69, 9.17) is 21.2 Å². The normalized spacial score (nSPS) is 12.9. The molecule has 35 heavy (non-hydrogen) atoms. The quantitative estimate of drug-likeness (QED) is 0.135. The van der Waals surface area contributed by atoms with Gasteiger partial charge in [-0.05, 0) is 67.6 Å². The molecule has 1 unspecified atom stereocenters. The van der Waals surface area contributed by atoms with Crippen molar-refractivity contribution in [1.29, 1.82) is 0 Å². The number of hydrogen-bond acceptors (Lipinski definition) is 5. The van der Waals surface area contributed by atoms with Gasteiger partial charge in [-0.2, -0.15) is 0 Å². The molecule has 0 amide bonds. The zero-order chi connectivity index (χ0) is 25.4. The predicted octanol–water partition coefficient (Wildman–Crippen LogP) is 6.58. The molecule has 0 saturated heterocycles. The highest BCUT2D eigenvalue weighted by atomic mass is 16.5. The summed E-state index contributed by atoms with van der Waals surface area (Å²) in [7, 11) is 0. The molecule has 0 heterocycles. The number of allylic oxidation sites excluding steroid dienone is 1. The summed E-state index contributed by atoms with van der Waals surface area (Å²) in [6.45, 7) is 11.0. The van der Waals surface area contributed by atoms with E-state index in [1.807, 2.05) is 31.2 Å². The molecule has 0 radical (unpaired) electrons. The van der Waals surface area contributed by atoms with E-state index in [1.165, 1.54) is 5.56 Å². The Balaban J connectivity index is 1.98. The number of nitrogens with zero attached hydrogens (tertiary/aromatic N) is 1. The van der Waals surface area contributed by atoms with Crippen molar-refractivity contribution in [2.24, 2.45) is 16.6 Å². The predicted molar refractivity (Wildman–Crippen MR) is 147 cm³/mol. The maximum atomic E-state index is 10.5. The van der Waals surface area contributed by atoms with Crippen LogP contribution in [-0.2, 0) is 6.42 Å². The number of nitrogens with two attached hydrogens (primary N) is 2. The van der Waals surface area contributed by atoms with Crippen molar-refractivity contribution in [2.75, 3.05) is 12.3 Å². The lowest BCUT2D eigenvalue weighted by Crippen LogP contribution is -2.06. The van der Waals surface area contributed by atoms with E-state index in [1.54, 1.807) is 24.3 Å². The molecule has 0 saturated carbocycles. The van der Waals surface area contributed by atoms with Crippen molar-refractivity contribution in [3.63, 3.8) is 0 Å². The number of hydrogen-bond donors (Lipinski definition) is 3. The van der Waals surface area contributed by atoms with Gasteiger partial charge in [0.05, 0.1) is 5.70 Å². The summed E-state index contributed by atoms with van der Waals surface area (Å²) >= 11 is 0. The molecule has 5 N–H and O–H groups in total. The van der Waals surface area contributed by atoms with Crippen LogP contribution in [0.5, 0.6) is 11.5 Å². The minimum atomic E-state index is 0.148. The lowest BCUT2D eigenvalue weighted by molar-refractivity contribution is 0.449. The number of benzene rings is 3. The molecule has 5 heteroatoms. The van der Waals surface area contributed by atoms with E-state index in [9.17, 15) is 5.11 Å². The lowest BCUT2D eigenvalue weighted by Gasteiger charge is -2.15. The first-order valence-electron chi connectivity index (χ1n) is 11.9.